The highest BCUT2D eigenvalue weighted by atomic mass is 16.5. The second kappa shape index (κ2) is 4.23. The van der Waals surface area contributed by atoms with E-state index >= 15 is 0 Å². The third-order valence-corrected chi connectivity index (χ3v) is 2.26. The van der Waals surface area contributed by atoms with Gasteiger partial charge in [0.25, 0.3) is 0 Å². The fraction of sp³-hybridized carbons (Fsp3) is 0.750. The van der Waals surface area contributed by atoms with Crippen molar-refractivity contribution in [2.75, 3.05) is 13.7 Å². The van der Waals surface area contributed by atoms with E-state index in [4.69, 9.17) is 0 Å². The largest absolute Gasteiger partial charge is 0.453 e. The Hall–Kier alpha value is -1.10. The first-order valence-corrected chi connectivity index (χ1v) is 4.17. The van der Waals surface area contributed by atoms with Gasteiger partial charge >= 0.3 is 6.09 Å². The van der Waals surface area contributed by atoms with Gasteiger partial charge < -0.3 is 19.5 Å². The summed E-state index contributed by atoms with van der Waals surface area (Å²) < 4.78 is 4.52. The van der Waals surface area contributed by atoms with E-state index in [1.165, 1.54) is 12.0 Å². The highest BCUT2D eigenvalue weighted by Crippen LogP contribution is 2.20. The van der Waals surface area contributed by atoms with Gasteiger partial charge in [0.05, 0.1) is 19.3 Å². The summed E-state index contributed by atoms with van der Waals surface area (Å²) >= 11 is 0. The minimum absolute atomic E-state index is 0.163. The van der Waals surface area contributed by atoms with Crippen molar-refractivity contribution in [3.63, 3.8) is 0 Å². The number of methoxy groups -OCH3 is 1. The predicted molar refractivity (Wildman–Crippen MR) is 44.2 cm³/mol. The van der Waals surface area contributed by atoms with E-state index in [1.54, 1.807) is 0 Å². The summed E-state index contributed by atoms with van der Waals surface area (Å²) in [6.45, 7) is 0.451. The van der Waals surface area contributed by atoms with E-state index in [0.717, 1.165) is 0 Å². The van der Waals surface area contributed by atoms with Gasteiger partial charge in [0.2, 0.25) is 0 Å². The Morgan fingerprint density at radius 3 is 3.00 bits per heavy atom. The summed E-state index contributed by atoms with van der Waals surface area (Å²) in [6, 6.07) is -0.412. The average molecular weight is 187 g/mol. The van der Waals surface area contributed by atoms with Crippen molar-refractivity contribution in [1.29, 1.82) is 0 Å². The summed E-state index contributed by atoms with van der Waals surface area (Å²) in [6.07, 6.45) is 0.284. The molecule has 1 aliphatic rings. The minimum Gasteiger partial charge on any atom is -0.453 e. The summed E-state index contributed by atoms with van der Waals surface area (Å²) in [7, 11) is 1.28. The molecule has 0 aromatic carbocycles. The number of hydrogen-bond donors (Lipinski definition) is 1. The lowest BCUT2D eigenvalue weighted by Crippen LogP contribution is -2.39. The molecule has 1 fully saturated rings. The molecule has 1 rings (SSSR count). The van der Waals surface area contributed by atoms with E-state index in [-0.39, 0.29) is 6.42 Å². The van der Waals surface area contributed by atoms with E-state index < -0.39 is 18.2 Å². The quantitative estimate of drug-likeness (QED) is 0.607. The van der Waals surface area contributed by atoms with Crippen molar-refractivity contribution >= 4 is 12.4 Å². The number of likely N-dealkylation sites (tertiary alicyclic amines) is 1. The first-order chi connectivity index (χ1) is 6.20. The second-order valence-electron chi connectivity index (χ2n) is 2.99. The fourth-order valence-corrected chi connectivity index (χ4v) is 1.56. The van der Waals surface area contributed by atoms with Crippen LogP contribution < -0.4 is 0 Å². The van der Waals surface area contributed by atoms with Crippen LogP contribution in [-0.4, -0.2) is 48.2 Å². The molecule has 0 bridgehead atoms. The van der Waals surface area contributed by atoms with Gasteiger partial charge in [-0.3, -0.25) is 0 Å². The van der Waals surface area contributed by atoms with Crippen molar-refractivity contribution in [2.24, 2.45) is 0 Å². The molecule has 1 amide bonds. The third-order valence-electron chi connectivity index (χ3n) is 2.26. The standard InChI is InChI=1S/C8H13NO4/c1-13-8(12)9-4-2-7(11)6(9)3-5-10/h5-7,11H,2-4H2,1H3/t6-,7+/m0/s1. The van der Waals surface area contributed by atoms with Gasteiger partial charge in [0, 0.05) is 13.0 Å². The third kappa shape index (κ3) is 1.98. The number of nitrogens with zero attached hydrogens (tertiary/aromatic N) is 1. The molecule has 1 saturated heterocycles. The molecule has 0 radical (unpaired) electrons. The average Bonchev–Trinajstić information content (AvgIpc) is 2.48. The van der Waals surface area contributed by atoms with Crippen molar-refractivity contribution in [1.82, 2.24) is 4.90 Å². The molecule has 5 nitrogen and oxygen atoms in total. The molecule has 0 aromatic rings. The minimum atomic E-state index is -0.607. The maximum absolute atomic E-state index is 11.1. The normalized spacial score (nSPS) is 27.4. The zero-order chi connectivity index (χ0) is 9.84. The second-order valence-corrected chi connectivity index (χ2v) is 2.99. The molecule has 0 aliphatic carbocycles. The molecule has 0 saturated carbocycles. The van der Waals surface area contributed by atoms with Gasteiger partial charge in [0.15, 0.2) is 0 Å². The lowest BCUT2D eigenvalue weighted by molar-refractivity contribution is -0.109. The summed E-state index contributed by atoms with van der Waals surface area (Å²) in [5.41, 5.74) is 0. The molecule has 0 aromatic heterocycles. The number of ether oxygens (including phenoxy) is 1. The Kier molecular flexibility index (Phi) is 3.25. The van der Waals surface area contributed by atoms with E-state index in [0.29, 0.717) is 19.3 Å². The van der Waals surface area contributed by atoms with Crippen LogP contribution in [0.2, 0.25) is 0 Å². The topological polar surface area (TPSA) is 66.8 Å². The van der Waals surface area contributed by atoms with E-state index in [9.17, 15) is 14.7 Å². The van der Waals surface area contributed by atoms with Gasteiger partial charge in [-0.1, -0.05) is 0 Å². The molecule has 0 unspecified atom stereocenters. The van der Waals surface area contributed by atoms with Crippen LogP contribution in [-0.2, 0) is 9.53 Å². The number of aldehydes is 1. The monoisotopic (exact) mass is 187 g/mol. The number of carbonyl (C=O) groups excluding carboxylic acids is 2. The Bertz CT molecular complexity index is 206. The Morgan fingerprint density at radius 1 is 1.77 bits per heavy atom. The summed E-state index contributed by atoms with van der Waals surface area (Å²) in [5.74, 6) is 0. The van der Waals surface area contributed by atoms with Crippen LogP contribution in [0.15, 0.2) is 0 Å². The van der Waals surface area contributed by atoms with Crippen molar-refractivity contribution in [3.8, 4) is 0 Å². The number of amides is 1. The molecule has 13 heavy (non-hydrogen) atoms. The Morgan fingerprint density at radius 2 is 2.46 bits per heavy atom. The molecule has 2 atom stereocenters. The summed E-state index contributed by atoms with van der Waals surface area (Å²) in [4.78, 5) is 22.8. The SMILES string of the molecule is COC(=O)N1CC[C@@H](O)[C@@H]1CC=O. The van der Waals surface area contributed by atoms with Crippen molar-refractivity contribution in [2.45, 2.75) is 25.0 Å². The predicted octanol–water partition coefficient (Wildman–Crippen LogP) is -0.223. The van der Waals surface area contributed by atoms with Crippen LogP contribution >= 0.6 is 0 Å². The molecule has 74 valence electrons. The van der Waals surface area contributed by atoms with Gasteiger partial charge in [-0.25, -0.2) is 4.79 Å². The maximum atomic E-state index is 11.1. The first-order valence-electron chi connectivity index (χ1n) is 4.17. The first kappa shape index (κ1) is 9.98. The number of carbonyl (C=O) groups is 2. The number of aliphatic hydroxyl groups is 1. The number of rotatable bonds is 2. The van der Waals surface area contributed by atoms with Gasteiger partial charge in [0.1, 0.15) is 6.29 Å². The van der Waals surface area contributed by atoms with Crippen molar-refractivity contribution < 1.29 is 19.4 Å². The van der Waals surface area contributed by atoms with Crippen LogP contribution in [0, 0.1) is 0 Å². The molecular weight excluding hydrogens is 174 g/mol. The van der Waals surface area contributed by atoms with Crippen LogP contribution in [0.4, 0.5) is 4.79 Å². The Balaban J connectivity index is 2.63. The van der Waals surface area contributed by atoms with Gasteiger partial charge in [-0.2, -0.15) is 0 Å². The van der Waals surface area contributed by atoms with Crippen LogP contribution in [0.3, 0.4) is 0 Å². The van der Waals surface area contributed by atoms with Crippen LogP contribution in [0.5, 0.6) is 0 Å². The maximum Gasteiger partial charge on any atom is 0.409 e. The Labute approximate surface area is 76.3 Å². The summed E-state index contributed by atoms with van der Waals surface area (Å²) in [5, 5.41) is 9.43. The number of hydrogen-bond acceptors (Lipinski definition) is 4. The van der Waals surface area contributed by atoms with E-state index in [1.807, 2.05) is 0 Å². The fourth-order valence-electron chi connectivity index (χ4n) is 1.56. The van der Waals surface area contributed by atoms with Gasteiger partial charge in [-0.15, -0.1) is 0 Å². The highest BCUT2D eigenvalue weighted by molar-refractivity contribution is 5.69. The molecule has 0 spiro atoms. The zero-order valence-electron chi connectivity index (χ0n) is 7.47. The molecular formula is C8H13NO4. The molecule has 1 N–H and O–H groups in total. The molecule has 1 heterocycles. The smallest absolute Gasteiger partial charge is 0.409 e. The number of aliphatic hydroxyl groups excluding tert-OH is 1. The molecule has 1 aliphatic heterocycles. The van der Waals surface area contributed by atoms with E-state index in [2.05, 4.69) is 4.74 Å². The van der Waals surface area contributed by atoms with Crippen LogP contribution in [0.1, 0.15) is 12.8 Å². The van der Waals surface area contributed by atoms with Crippen molar-refractivity contribution in [3.05, 3.63) is 0 Å². The lowest BCUT2D eigenvalue weighted by Gasteiger charge is -2.22. The van der Waals surface area contributed by atoms with Gasteiger partial charge in [-0.05, 0) is 6.42 Å². The zero-order valence-corrected chi connectivity index (χ0v) is 7.47. The molecule has 5 heteroatoms. The highest BCUT2D eigenvalue weighted by Gasteiger charge is 2.35. The van der Waals surface area contributed by atoms with Crippen LogP contribution in [0.25, 0.3) is 0 Å². The lowest BCUT2D eigenvalue weighted by atomic mass is 10.1.